The first kappa shape index (κ1) is 6.08. The van der Waals surface area contributed by atoms with Gasteiger partial charge >= 0.3 is 0 Å². The minimum Gasteiger partial charge on any atom is -0.380 e. The molecule has 0 bridgehead atoms. The summed E-state index contributed by atoms with van der Waals surface area (Å²) in [5.74, 6) is 0.600. The SMILES string of the molecule is ClC1=CC2COCC2S1. The number of halogens is 1. The molecule has 2 heterocycles. The van der Waals surface area contributed by atoms with E-state index in [-0.39, 0.29) is 0 Å². The van der Waals surface area contributed by atoms with E-state index >= 15 is 0 Å². The highest BCUT2D eigenvalue weighted by Gasteiger charge is 2.32. The van der Waals surface area contributed by atoms with Crippen LogP contribution in [0.2, 0.25) is 0 Å². The van der Waals surface area contributed by atoms with E-state index in [1.807, 2.05) is 0 Å². The standard InChI is InChI=1S/C6H7ClOS/c7-6-1-4-2-8-3-5(4)9-6/h1,4-5H,2-3H2. The molecule has 3 heteroatoms. The number of ether oxygens (including phenoxy) is 1. The van der Waals surface area contributed by atoms with Gasteiger partial charge in [-0.05, 0) is 0 Å². The number of fused-ring (bicyclic) bond motifs is 1. The lowest BCUT2D eigenvalue weighted by Crippen LogP contribution is -2.06. The van der Waals surface area contributed by atoms with Crippen LogP contribution in [0.3, 0.4) is 0 Å². The molecular formula is C6H7ClOS. The molecule has 0 amide bonds. The number of hydrogen-bond acceptors (Lipinski definition) is 2. The van der Waals surface area contributed by atoms with Crippen LogP contribution in [0, 0.1) is 5.92 Å². The molecule has 0 aromatic heterocycles. The highest BCUT2D eigenvalue weighted by Crippen LogP contribution is 2.41. The number of thioether (sulfide) groups is 1. The summed E-state index contributed by atoms with van der Waals surface area (Å²) < 4.78 is 6.19. The molecule has 0 radical (unpaired) electrons. The second-order valence-electron chi connectivity index (χ2n) is 2.33. The zero-order valence-corrected chi connectivity index (χ0v) is 6.41. The average Bonchev–Trinajstić information content (AvgIpc) is 2.22. The summed E-state index contributed by atoms with van der Waals surface area (Å²) in [6.45, 7) is 1.75. The fourth-order valence-corrected chi connectivity index (χ4v) is 2.72. The molecule has 50 valence electrons. The second kappa shape index (κ2) is 2.19. The molecule has 2 aliphatic heterocycles. The molecule has 9 heavy (non-hydrogen) atoms. The van der Waals surface area contributed by atoms with Gasteiger partial charge in [0.25, 0.3) is 0 Å². The number of rotatable bonds is 0. The molecule has 0 aromatic carbocycles. The van der Waals surface area contributed by atoms with Gasteiger partial charge in [-0.1, -0.05) is 17.7 Å². The first-order valence-corrected chi connectivity index (χ1v) is 4.24. The van der Waals surface area contributed by atoms with Gasteiger partial charge in [-0.2, -0.15) is 0 Å². The molecule has 0 aliphatic carbocycles. The van der Waals surface area contributed by atoms with Crippen molar-refractivity contribution in [3.63, 3.8) is 0 Å². The van der Waals surface area contributed by atoms with Crippen molar-refractivity contribution in [1.82, 2.24) is 0 Å². The zero-order chi connectivity index (χ0) is 6.27. The summed E-state index contributed by atoms with van der Waals surface area (Å²) in [4.78, 5) is 0. The lowest BCUT2D eigenvalue weighted by molar-refractivity contribution is 0.192. The highest BCUT2D eigenvalue weighted by molar-refractivity contribution is 8.05. The van der Waals surface area contributed by atoms with Crippen LogP contribution in [-0.2, 0) is 4.74 Å². The van der Waals surface area contributed by atoms with Crippen molar-refractivity contribution in [1.29, 1.82) is 0 Å². The summed E-state index contributed by atoms with van der Waals surface area (Å²) in [5, 5.41) is 0.623. The van der Waals surface area contributed by atoms with Crippen LogP contribution in [0.4, 0.5) is 0 Å². The minimum atomic E-state index is 0.600. The molecule has 0 N–H and O–H groups in total. The van der Waals surface area contributed by atoms with E-state index in [4.69, 9.17) is 16.3 Å². The maximum Gasteiger partial charge on any atom is 0.0702 e. The third-order valence-corrected chi connectivity index (χ3v) is 3.22. The lowest BCUT2D eigenvalue weighted by Gasteiger charge is -2.00. The summed E-state index contributed by atoms with van der Waals surface area (Å²) in [6, 6.07) is 0. The van der Waals surface area contributed by atoms with Gasteiger partial charge in [0, 0.05) is 11.2 Å². The first-order valence-electron chi connectivity index (χ1n) is 2.98. The quantitative estimate of drug-likeness (QED) is 0.538. The van der Waals surface area contributed by atoms with Crippen LogP contribution >= 0.6 is 23.4 Å². The summed E-state index contributed by atoms with van der Waals surface area (Å²) in [6.07, 6.45) is 2.10. The largest absolute Gasteiger partial charge is 0.380 e. The number of hydrogen-bond donors (Lipinski definition) is 0. The van der Waals surface area contributed by atoms with E-state index in [1.54, 1.807) is 11.8 Å². The zero-order valence-electron chi connectivity index (χ0n) is 4.84. The van der Waals surface area contributed by atoms with E-state index in [0.29, 0.717) is 11.2 Å². The molecule has 0 spiro atoms. The molecule has 0 aromatic rings. The fourth-order valence-electron chi connectivity index (χ4n) is 1.18. The summed E-state index contributed by atoms with van der Waals surface area (Å²) >= 11 is 7.52. The van der Waals surface area contributed by atoms with Crippen LogP contribution < -0.4 is 0 Å². The monoisotopic (exact) mass is 162 g/mol. The predicted octanol–water partition coefficient (Wildman–Crippen LogP) is 1.83. The van der Waals surface area contributed by atoms with Gasteiger partial charge in [-0.25, -0.2) is 0 Å². The van der Waals surface area contributed by atoms with Gasteiger partial charge in [0.1, 0.15) is 0 Å². The van der Waals surface area contributed by atoms with Crippen molar-refractivity contribution in [3.05, 3.63) is 10.4 Å². The molecule has 1 saturated heterocycles. The van der Waals surface area contributed by atoms with E-state index in [1.165, 1.54) is 0 Å². The Balaban J connectivity index is 2.13. The van der Waals surface area contributed by atoms with Crippen LogP contribution in [0.15, 0.2) is 10.4 Å². The summed E-state index contributed by atoms with van der Waals surface area (Å²) in [7, 11) is 0. The van der Waals surface area contributed by atoms with Gasteiger partial charge in [0.15, 0.2) is 0 Å². The molecule has 1 nitrogen and oxygen atoms in total. The Hall–Kier alpha value is 0.340. The van der Waals surface area contributed by atoms with E-state index in [9.17, 15) is 0 Å². The van der Waals surface area contributed by atoms with Crippen LogP contribution in [0.25, 0.3) is 0 Å². The van der Waals surface area contributed by atoms with Gasteiger partial charge in [-0.3, -0.25) is 0 Å². The normalized spacial score (nSPS) is 40.8. The van der Waals surface area contributed by atoms with Crippen molar-refractivity contribution in [2.24, 2.45) is 5.92 Å². The molecule has 2 aliphatic rings. The Bertz CT molecular complexity index is 157. The Morgan fingerprint density at radius 1 is 1.67 bits per heavy atom. The third kappa shape index (κ3) is 0.997. The second-order valence-corrected chi connectivity index (χ2v) is 4.24. The minimum absolute atomic E-state index is 0.600. The van der Waals surface area contributed by atoms with E-state index in [0.717, 1.165) is 17.6 Å². The first-order chi connectivity index (χ1) is 4.36. The fraction of sp³-hybridized carbons (Fsp3) is 0.667. The smallest absolute Gasteiger partial charge is 0.0702 e. The van der Waals surface area contributed by atoms with Crippen molar-refractivity contribution in [2.45, 2.75) is 5.25 Å². The Labute approximate surface area is 63.4 Å². The van der Waals surface area contributed by atoms with Crippen LogP contribution in [0.1, 0.15) is 0 Å². The highest BCUT2D eigenvalue weighted by atomic mass is 35.5. The topological polar surface area (TPSA) is 9.23 Å². The van der Waals surface area contributed by atoms with Crippen molar-refractivity contribution in [3.8, 4) is 0 Å². The average molecular weight is 163 g/mol. The maximum atomic E-state index is 5.78. The molecular weight excluding hydrogens is 156 g/mol. The van der Waals surface area contributed by atoms with Gasteiger partial charge in [0.05, 0.1) is 17.6 Å². The van der Waals surface area contributed by atoms with Crippen molar-refractivity contribution < 1.29 is 4.74 Å². The van der Waals surface area contributed by atoms with Crippen molar-refractivity contribution in [2.75, 3.05) is 13.2 Å². The van der Waals surface area contributed by atoms with Gasteiger partial charge < -0.3 is 4.74 Å². The Morgan fingerprint density at radius 3 is 3.33 bits per heavy atom. The van der Waals surface area contributed by atoms with Gasteiger partial charge in [0.2, 0.25) is 0 Å². The van der Waals surface area contributed by atoms with Gasteiger partial charge in [-0.15, -0.1) is 11.8 Å². The Morgan fingerprint density at radius 2 is 2.56 bits per heavy atom. The van der Waals surface area contributed by atoms with Crippen LogP contribution in [0.5, 0.6) is 0 Å². The van der Waals surface area contributed by atoms with Crippen LogP contribution in [-0.4, -0.2) is 18.5 Å². The summed E-state index contributed by atoms with van der Waals surface area (Å²) in [5.41, 5.74) is 0. The maximum absolute atomic E-state index is 5.78. The van der Waals surface area contributed by atoms with E-state index < -0.39 is 0 Å². The predicted molar refractivity (Wildman–Crippen MR) is 39.6 cm³/mol. The Kier molecular flexibility index (Phi) is 1.48. The molecule has 2 unspecified atom stereocenters. The third-order valence-electron chi connectivity index (χ3n) is 1.68. The molecule has 0 saturated carbocycles. The van der Waals surface area contributed by atoms with Crippen molar-refractivity contribution >= 4 is 23.4 Å². The van der Waals surface area contributed by atoms with E-state index in [2.05, 4.69) is 6.08 Å². The molecule has 2 rings (SSSR count). The molecule has 2 atom stereocenters. The lowest BCUT2D eigenvalue weighted by atomic mass is 10.1. The molecule has 1 fully saturated rings.